The number of carbonyl (C=O) groups excluding carboxylic acids is 2. The summed E-state index contributed by atoms with van der Waals surface area (Å²) in [6.45, 7) is 4.95. The molecule has 3 aromatic carbocycles. The van der Waals surface area contributed by atoms with E-state index in [-0.39, 0.29) is 17.7 Å². The van der Waals surface area contributed by atoms with Gasteiger partial charge in [0.05, 0.1) is 28.5 Å². The van der Waals surface area contributed by atoms with E-state index in [2.05, 4.69) is 4.99 Å². The van der Waals surface area contributed by atoms with E-state index >= 15 is 0 Å². The minimum absolute atomic E-state index is 0.180. The Kier molecular flexibility index (Phi) is 7.75. The highest BCUT2D eigenvalue weighted by molar-refractivity contribution is 7.07. The van der Waals surface area contributed by atoms with Crippen LogP contribution >= 0.6 is 11.3 Å². The number of allylic oxidation sites excluding steroid dienone is 1. The lowest BCUT2D eigenvalue weighted by Gasteiger charge is -2.24. The summed E-state index contributed by atoms with van der Waals surface area (Å²) < 4.78 is 18.4. The zero-order chi connectivity index (χ0) is 28.2. The molecular formula is C31H26N2O6S. The van der Waals surface area contributed by atoms with E-state index in [9.17, 15) is 14.4 Å². The van der Waals surface area contributed by atoms with Crippen LogP contribution in [0.5, 0.6) is 17.2 Å². The summed E-state index contributed by atoms with van der Waals surface area (Å²) in [6.07, 6.45) is 1.78. The number of esters is 2. The molecule has 0 bridgehead atoms. The van der Waals surface area contributed by atoms with Crippen LogP contribution in [0.3, 0.4) is 0 Å². The maximum Gasteiger partial charge on any atom is 0.338 e. The van der Waals surface area contributed by atoms with Crippen molar-refractivity contribution >= 4 is 29.4 Å². The second-order valence-corrected chi connectivity index (χ2v) is 9.96. The van der Waals surface area contributed by atoms with Gasteiger partial charge in [-0.3, -0.25) is 14.2 Å². The van der Waals surface area contributed by atoms with Gasteiger partial charge in [0.15, 0.2) is 4.80 Å². The van der Waals surface area contributed by atoms with Crippen LogP contribution in [0.2, 0.25) is 0 Å². The number of thiazole rings is 1. The number of nitrogens with zero attached hydrogens (tertiary/aromatic N) is 2. The standard InChI is InChI=1S/C31H26N2O6S/c1-4-37-30(36)27-19(2)32-31-33(28(27)22-13-15-24(16-14-22)38-20(3)34)29(35)26(40-31)18-21-9-8-12-25(17-21)39-23-10-6-5-7-11-23/h5-18,28H,4H2,1-3H3. The van der Waals surface area contributed by atoms with Crippen molar-refractivity contribution < 1.29 is 23.8 Å². The Bertz CT molecular complexity index is 1790. The van der Waals surface area contributed by atoms with Gasteiger partial charge in [0, 0.05) is 6.92 Å². The second-order valence-electron chi connectivity index (χ2n) is 8.95. The normalized spacial score (nSPS) is 14.8. The number of ether oxygens (including phenoxy) is 3. The number of fused-ring (bicyclic) bond motifs is 1. The summed E-state index contributed by atoms with van der Waals surface area (Å²) in [5.41, 5.74) is 1.89. The van der Waals surface area contributed by atoms with Gasteiger partial charge in [-0.2, -0.15) is 0 Å². The molecule has 4 aromatic rings. The molecule has 0 radical (unpaired) electrons. The van der Waals surface area contributed by atoms with E-state index in [1.54, 1.807) is 44.2 Å². The third-order valence-electron chi connectivity index (χ3n) is 6.11. The van der Waals surface area contributed by atoms with Gasteiger partial charge in [-0.1, -0.05) is 53.8 Å². The molecule has 1 unspecified atom stereocenters. The van der Waals surface area contributed by atoms with Gasteiger partial charge in [-0.05, 0) is 67.4 Å². The fourth-order valence-corrected chi connectivity index (χ4v) is 5.48. The average Bonchev–Trinajstić information content (AvgIpc) is 3.23. The van der Waals surface area contributed by atoms with Crippen molar-refractivity contribution in [1.29, 1.82) is 0 Å². The Morgan fingerprint density at radius 1 is 0.975 bits per heavy atom. The van der Waals surface area contributed by atoms with Gasteiger partial charge in [0.2, 0.25) is 0 Å². The zero-order valence-corrected chi connectivity index (χ0v) is 22.9. The predicted molar refractivity (Wildman–Crippen MR) is 151 cm³/mol. The Labute approximate surface area is 234 Å². The smallest absolute Gasteiger partial charge is 0.338 e. The molecule has 0 amide bonds. The van der Waals surface area contributed by atoms with Gasteiger partial charge in [0.1, 0.15) is 17.2 Å². The summed E-state index contributed by atoms with van der Waals surface area (Å²) in [6, 6.07) is 22.8. The second kappa shape index (κ2) is 11.5. The monoisotopic (exact) mass is 554 g/mol. The van der Waals surface area contributed by atoms with Crippen molar-refractivity contribution in [3.8, 4) is 17.2 Å². The highest BCUT2D eigenvalue weighted by atomic mass is 32.1. The lowest BCUT2D eigenvalue weighted by Crippen LogP contribution is -2.39. The molecule has 1 aliphatic heterocycles. The molecule has 0 fully saturated rings. The van der Waals surface area contributed by atoms with Gasteiger partial charge < -0.3 is 14.2 Å². The molecular weight excluding hydrogens is 528 g/mol. The Morgan fingerprint density at radius 2 is 1.70 bits per heavy atom. The fourth-order valence-electron chi connectivity index (χ4n) is 4.43. The molecule has 40 heavy (non-hydrogen) atoms. The Morgan fingerprint density at radius 3 is 2.40 bits per heavy atom. The highest BCUT2D eigenvalue weighted by Crippen LogP contribution is 2.31. The SMILES string of the molecule is CCOC(=O)C1=C(C)N=c2sc(=Cc3cccc(Oc4ccccc4)c3)c(=O)n2C1c1ccc(OC(C)=O)cc1. The topological polar surface area (TPSA) is 96.2 Å². The maximum absolute atomic E-state index is 13.8. The van der Waals surface area contributed by atoms with Crippen LogP contribution in [-0.4, -0.2) is 23.1 Å². The van der Waals surface area contributed by atoms with Crippen LogP contribution < -0.4 is 24.4 Å². The van der Waals surface area contributed by atoms with Crippen LogP contribution in [0.15, 0.2) is 99.9 Å². The van der Waals surface area contributed by atoms with Gasteiger partial charge in [-0.25, -0.2) is 9.79 Å². The minimum atomic E-state index is -0.767. The van der Waals surface area contributed by atoms with Crippen molar-refractivity contribution in [3.05, 3.63) is 121 Å². The minimum Gasteiger partial charge on any atom is -0.463 e. The largest absolute Gasteiger partial charge is 0.463 e. The summed E-state index contributed by atoms with van der Waals surface area (Å²) in [5.74, 6) is 0.721. The van der Waals surface area contributed by atoms with Gasteiger partial charge >= 0.3 is 11.9 Å². The van der Waals surface area contributed by atoms with E-state index in [0.29, 0.717) is 37.8 Å². The lowest BCUT2D eigenvalue weighted by atomic mass is 9.96. The molecule has 5 rings (SSSR count). The first-order valence-corrected chi connectivity index (χ1v) is 13.5. The number of aromatic nitrogens is 1. The molecule has 1 aromatic heterocycles. The number of rotatable bonds is 7. The van der Waals surface area contributed by atoms with Crippen molar-refractivity contribution in [2.75, 3.05) is 6.61 Å². The van der Waals surface area contributed by atoms with E-state index in [1.165, 1.54) is 22.8 Å². The van der Waals surface area contributed by atoms with E-state index in [1.807, 2.05) is 54.6 Å². The first-order chi connectivity index (χ1) is 19.3. The van der Waals surface area contributed by atoms with Crippen molar-refractivity contribution in [2.45, 2.75) is 26.8 Å². The molecule has 0 spiro atoms. The van der Waals surface area contributed by atoms with Crippen LogP contribution in [0.4, 0.5) is 0 Å². The van der Waals surface area contributed by atoms with E-state index in [4.69, 9.17) is 14.2 Å². The van der Waals surface area contributed by atoms with Crippen molar-refractivity contribution in [2.24, 2.45) is 4.99 Å². The first kappa shape index (κ1) is 26.8. The molecule has 1 atom stereocenters. The molecule has 202 valence electrons. The first-order valence-electron chi connectivity index (χ1n) is 12.6. The maximum atomic E-state index is 13.8. The van der Waals surface area contributed by atoms with Crippen LogP contribution in [0.1, 0.15) is 37.9 Å². The molecule has 9 heteroatoms. The molecule has 8 nitrogen and oxygen atoms in total. The summed E-state index contributed by atoms with van der Waals surface area (Å²) in [4.78, 5) is 43.3. The molecule has 0 saturated heterocycles. The van der Waals surface area contributed by atoms with Gasteiger partial charge in [-0.15, -0.1) is 0 Å². The van der Waals surface area contributed by atoms with Crippen LogP contribution in [0, 0.1) is 0 Å². The quantitative estimate of drug-likeness (QED) is 0.246. The summed E-state index contributed by atoms with van der Waals surface area (Å²) in [5, 5.41) is 0. The molecule has 1 aliphatic rings. The van der Waals surface area contributed by atoms with Crippen molar-refractivity contribution in [3.63, 3.8) is 0 Å². The van der Waals surface area contributed by atoms with E-state index in [0.717, 1.165) is 5.56 Å². The summed E-state index contributed by atoms with van der Waals surface area (Å²) in [7, 11) is 0. The van der Waals surface area contributed by atoms with Crippen molar-refractivity contribution in [1.82, 2.24) is 4.57 Å². The van der Waals surface area contributed by atoms with Crippen LogP contribution in [-0.2, 0) is 14.3 Å². The third-order valence-corrected chi connectivity index (χ3v) is 7.09. The predicted octanol–water partition coefficient (Wildman–Crippen LogP) is 4.52. The number of para-hydroxylation sites is 1. The average molecular weight is 555 g/mol. The summed E-state index contributed by atoms with van der Waals surface area (Å²) >= 11 is 1.24. The molecule has 0 aliphatic carbocycles. The van der Waals surface area contributed by atoms with Gasteiger partial charge in [0.25, 0.3) is 5.56 Å². The Balaban J connectivity index is 1.59. The lowest BCUT2D eigenvalue weighted by molar-refractivity contribution is -0.139. The third kappa shape index (κ3) is 5.64. The number of hydrogen-bond acceptors (Lipinski definition) is 8. The number of hydrogen-bond donors (Lipinski definition) is 0. The van der Waals surface area contributed by atoms with Crippen LogP contribution in [0.25, 0.3) is 6.08 Å². The molecule has 0 saturated carbocycles. The molecule has 0 N–H and O–H groups in total. The fraction of sp³-hybridized carbons (Fsp3) is 0.161. The highest BCUT2D eigenvalue weighted by Gasteiger charge is 2.33. The number of carbonyl (C=O) groups is 2. The zero-order valence-electron chi connectivity index (χ0n) is 22.1. The number of benzene rings is 3. The Hall–Kier alpha value is -4.76. The molecule has 2 heterocycles. The van der Waals surface area contributed by atoms with E-state index < -0.39 is 18.0 Å².